The van der Waals surface area contributed by atoms with Gasteiger partial charge in [0.05, 0.1) is 22.8 Å². The van der Waals surface area contributed by atoms with Crippen LogP contribution in [-0.2, 0) is 0 Å². The lowest BCUT2D eigenvalue weighted by Crippen LogP contribution is -2.15. The number of nitrogens with zero attached hydrogens (tertiary/aromatic N) is 1. The van der Waals surface area contributed by atoms with E-state index in [-0.39, 0.29) is 12.1 Å². The second-order valence-electron chi connectivity index (χ2n) is 4.86. The Morgan fingerprint density at radius 2 is 1.89 bits per heavy atom. The van der Waals surface area contributed by atoms with Gasteiger partial charge in [0.2, 0.25) is 0 Å². The van der Waals surface area contributed by atoms with Crippen LogP contribution in [0.3, 0.4) is 0 Å². The molecule has 19 heavy (non-hydrogen) atoms. The van der Waals surface area contributed by atoms with Gasteiger partial charge in [-0.05, 0) is 33.8 Å². The highest BCUT2D eigenvalue weighted by molar-refractivity contribution is 7.11. The molecular weight excluding hydrogens is 256 g/mol. The summed E-state index contributed by atoms with van der Waals surface area (Å²) in [5.74, 6) is 0.857. The lowest BCUT2D eigenvalue weighted by atomic mass is 10.0. The smallest absolute Gasteiger partial charge is 0.124 e. The zero-order valence-electron chi connectivity index (χ0n) is 11.8. The summed E-state index contributed by atoms with van der Waals surface area (Å²) in [7, 11) is 0. The van der Waals surface area contributed by atoms with Crippen LogP contribution in [0.1, 0.15) is 41.0 Å². The van der Waals surface area contributed by atoms with Crippen LogP contribution in [0.15, 0.2) is 24.3 Å². The lowest BCUT2D eigenvalue weighted by molar-refractivity contribution is 0.239. The quantitative estimate of drug-likeness (QED) is 0.928. The molecule has 2 aromatic rings. The molecule has 0 radical (unpaired) electrons. The predicted octanol–water partition coefficient (Wildman–Crippen LogP) is 3.60. The summed E-state index contributed by atoms with van der Waals surface area (Å²) in [6.07, 6.45) is 0.137. The summed E-state index contributed by atoms with van der Waals surface area (Å²) in [6.45, 7) is 8.05. The first-order valence-electron chi connectivity index (χ1n) is 6.44. The molecule has 0 fully saturated rings. The van der Waals surface area contributed by atoms with Crippen LogP contribution in [-0.4, -0.2) is 11.1 Å². The third-order valence-corrected chi connectivity index (χ3v) is 3.99. The fraction of sp³-hybridized carbons (Fsp3) is 0.400. The van der Waals surface area contributed by atoms with E-state index < -0.39 is 0 Å². The highest BCUT2D eigenvalue weighted by Gasteiger charge is 2.19. The molecule has 1 aromatic heterocycles. The van der Waals surface area contributed by atoms with Crippen LogP contribution in [0.25, 0.3) is 0 Å². The third kappa shape index (κ3) is 3.14. The van der Waals surface area contributed by atoms with Gasteiger partial charge in [-0.3, -0.25) is 0 Å². The fourth-order valence-electron chi connectivity index (χ4n) is 2.08. The maximum atomic E-state index is 6.40. The Bertz CT molecular complexity index is 563. The van der Waals surface area contributed by atoms with Crippen molar-refractivity contribution in [2.24, 2.45) is 5.73 Å². The number of rotatable bonds is 4. The van der Waals surface area contributed by atoms with E-state index in [1.165, 1.54) is 0 Å². The van der Waals surface area contributed by atoms with Gasteiger partial charge in [0, 0.05) is 10.4 Å². The maximum absolute atomic E-state index is 6.40. The van der Waals surface area contributed by atoms with Gasteiger partial charge >= 0.3 is 0 Å². The number of hydrogen-bond donors (Lipinski definition) is 1. The molecule has 4 heteroatoms. The molecule has 3 nitrogen and oxygen atoms in total. The molecule has 0 saturated heterocycles. The topological polar surface area (TPSA) is 48.1 Å². The van der Waals surface area contributed by atoms with E-state index in [1.54, 1.807) is 11.3 Å². The number of nitrogens with two attached hydrogens (primary N) is 1. The minimum Gasteiger partial charge on any atom is -0.491 e. The van der Waals surface area contributed by atoms with E-state index in [0.29, 0.717) is 0 Å². The van der Waals surface area contributed by atoms with Gasteiger partial charge in [-0.15, -0.1) is 11.3 Å². The molecule has 1 heterocycles. The van der Waals surface area contributed by atoms with Crippen LogP contribution < -0.4 is 10.5 Å². The van der Waals surface area contributed by atoms with Gasteiger partial charge < -0.3 is 10.5 Å². The molecule has 1 aromatic carbocycles. The molecule has 0 aliphatic heterocycles. The Labute approximate surface area is 118 Å². The summed E-state index contributed by atoms with van der Waals surface area (Å²) in [5.41, 5.74) is 8.42. The number of benzene rings is 1. The molecular formula is C15H20N2OS. The van der Waals surface area contributed by atoms with Crippen molar-refractivity contribution in [3.63, 3.8) is 0 Å². The SMILES string of the molecule is Cc1nc(C)c(C(N)c2ccccc2OC(C)C)s1. The van der Waals surface area contributed by atoms with Crippen molar-refractivity contribution in [1.29, 1.82) is 0 Å². The minimum atomic E-state index is -0.179. The van der Waals surface area contributed by atoms with Gasteiger partial charge in [-0.25, -0.2) is 4.98 Å². The van der Waals surface area contributed by atoms with Crippen LogP contribution in [0.5, 0.6) is 5.75 Å². The summed E-state index contributed by atoms with van der Waals surface area (Å²) in [6, 6.07) is 7.78. The van der Waals surface area contributed by atoms with E-state index >= 15 is 0 Å². The summed E-state index contributed by atoms with van der Waals surface area (Å²) >= 11 is 1.65. The Morgan fingerprint density at radius 3 is 2.47 bits per heavy atom. The molecule has 0 aliphatic carbocycles. The van der Waals surface area contributed by atoms with E-state index in [0.717, 1.165) is 26.9 Å². The predicted molar refractivity (Wildman–Crippen MR) is 79.8 cm³/mol. The highest BCUT2D eigenvalue weighted by atomic mass is 32.1. The molecule has 1 atom stereocenters. The average molecular weight is 276 g/mol. The number of para-hydroxylation sites is 1. The van der Waals surface area contributed by atoms with Crippen molar-refractivity contribution in [3.05, 3.63) is 45.4 Å². The molecule has 0 aliphatic rings. The van der Waals surface area contributed by atoms with E-state index in [9.17, 15) is 0 Å². The van der Waals surface area contributed by atoms with Crippen LogP contribution >= 0.6 is 11.3 Å². The molecule has 0 spiro atoms. The molecule has 102 valence electrons. The van der Waals surface area contributed by atoms with Crippen molar-refractivity contribution < 1.29 is 4.74 Å². The lowest BCUT2D eigenvalue weighted by Gasteiger charge is -2.18. The molecule has 0 bridgehead atoms. The number of hydrogen-bond acceptors (Lipinski definition) is 4. The Morgan fingerprint density at radius 1 is 1.21 bits per heavy atom. The zero-order chi connectivity index (χ0) is 14.0. The van der Waals surface area contributed by atoms with Crippen molar-refractivity contribution in [2.45, 2.75) is 39.8 Å². The second-order valence-corrected chi connectivity index (χ2v) is 6.10. The number of thiazole rings is 1. The largest absolute Gasteiger partial charge is 0.491 e. The minimum absolute atomic E-state index is 0.137. The molecule has 2 rings (SSSR count). The first kappa shape index (κ1) is 14.0. The van der Waals surface area contributed by atoms with Crippen molar-refractivity contribution >= 4 is 11.3 Å². The van der Waals surface area contributed by atoms with E-state index in [1.807, 2.05) is 52.0 Å². The zero-order valence-corrected chi connectivity index (χ0v) is 12.6. The monoisotopic (exact) mass is 276 g/mol. The van der Waals surface area contributed by atoms with Gasteiger partial charge in [0.25, 0.3) is 0 Å². The molecule has 0 amide bonds. The Hall–Kier alpha value is -1.39. The summed E-state index contributed by atoms with van der Waals surface area (Å²) < 4.78 is 5.84. The normalized spacial score (nSPS) is 12.7. The average Bonchev–Trinajstić information content (AvgIpc) is 2.67. The second kappa shape index (κ2) is 5.72. The standard InChI is InChI=1S/C15H20N2OS/c1-9(2)18-13-8-6-5-7-12(13)14(16)15-10(3)17-11(4)19-15/h5-9,14H,16H2,1-4H3. The van der Waals surface area contributed by atoms with Gasteiger partial charge in [0.1, 0.15) is 5.75 Å². The number of ether oxygens (including phenoxy) is 1. The number of aromatic nitrogens is 1. The van der Waals surface area contributed by atoms with Crippen molar-refractivity contribution in [3.8, 4) is 5.75 Å². The summed E-state index contributed by atoms with van der Waals surface area (Å²) in [5, 5.41) is 1.05. The van der Waals surface area contributed by atoms with Gasteiger partial charge in [-0.1, -0.05) is 18.2 Å². The Kier molecular flexibility index (Phi) is 4.22. The third-order valence-electron chi connectivity index (χ3n) is 2.84. The first-order valence-corrected chi connectivity index (χ1v) is 7.25. The van der Waals surface area contributed by atoms with Crippen molar-refractivity contribution in [1.82, 2.24) is 4.98 Å². The molecule has 1 unspecified atom stereocenters. The van der Waals surface area contributed by atoms with Gasteiger partial charge in [-0.2, -0.15) is 0 Å². The van der Waals surface area contributed by atoms with E-state index in [4.69, 9.17) is 10.5 Å². The fourth-order valence-corrected chi connectivity index (χ4v) is 3.02. The summed E-state index contributed by atoms with van der Waals surface area (Å²) in [4.78, 5) is 5.55. The highest BCUT2D eigenvalue weighted by Crippen LogP contribution is 2.33. The molecule has 0 saturated carbocycles. The Balaban J connectivity index is 2.38. The van der Waals surface area contributed by atoms with Crippen LogP contribution in [0.4, 0.5) is 0 Å². The molecule has 2 N–H and O–H groups in total. The first-order chi connectivity index (χ1) is 8.99. The maximum Gasteiger partial charge on any atom is 0.124 e. The van der Waals surface area contributed by atoms with Crippen molar-refractivity contribution in [2.75, 3.05) is 0 Å². The van der Waals surface area contributed by atoms with E-state index in [2.05, 4.69) is 4.98 Å². The van der Waals surface area contributed by atoms with Crippen LogP contribution in [0, 0.1) is 13.8 Å². The number of aryl methyl sites for hydroxylation is 2. The van der Waals surface area contributed by atoms with Gasteiger partial charge in [0.15, 0.2) is 0 Å². The van der Waals surface area contributed by atoms with Crippen LogP contribution in [0.2, 0.25) is 0 Å².